The zero-order valence-corrected chi connectivity index (χ0v) is 6.90. The van der Waals surface area contributed by atoms with Crippen LogP contribution in [-0.4, -0.2) is 20.9 Å². The maximum absolute atomic E-state index is 10.7. The van der Waals surface area contributed by atoms with E-state index in [1.165, 1.54) is 6.92 Å². The molecular formula is C6H11N4O+. The van der Waals surface area contributed by atoms with E-state index in [9.17, 15) is 4.79 Å². The summed E-state index contributed by atoms with van der Waals surface area (Å²) in [5.74, 6) is 0.957. The van der Waals surface area contributed by atoms with Crippen molar-refractivity contribution in [2.45, 2.75) is 20.4 Å². The minimum atomic E-state index is 0.0820. The molecule has 0 radical (unpaired) electrons. The Labute approximate surface area is 64.6 Å². The van der Waals surface area contributed by atoms with Crippen molar-refractivity contribution in [1.82, 2.24) is 15.1 Å². The van der Waals surface area contributed by atoms with Gasteiger partial charge in [0.2, 0.25) is 0 Å². The molecule has 5 heteroatoms. The molecule has 0 saturated carbocycles. The number of aromatic nitrogens is 4. The molecule has 0 aliphatic heterocycles. The van der Waals surface area contributed by atoms with Crippen LogP contribution in [0.1, 0.15) is 12.7 Å². The average Bonchev–Trinajstić information content (AvgIpc) is 2.18. The molecule has 0 aromatic carbocycles. The molecular weight excluding hydrogens is 144 g/mol. The van der Waals surface area contributed by atoms with Gasteiger partial charge in [-0.3, -0.25) is 4.79 Å². The summed E-state index contributed by atoms with van der Waals surface area (Å²) >= 11 is 0. The Morgan fingerprint density at radius 1 is 1.73 bits per heavy atom. The maximum Gasteiger partial charge on any atom is 0.254 e. The average molecular weight is 155 g/mol. The van der Waals surface area contributed by atoms with Crippen molar-refractivity contribution in [2.75, 3.05) is 0 Å². The van der Waals surface area contributed by atoms with Gasteiger partial charge in [0, 0.05) is 6.92 Å². The van der Waals surface area contributed by atoms with E-state index in [4.69, 9.17) is 0 Å². The van der Waals surface area contributed by atoms with Gasteiger partial charge in [-0.25, -0.2) is 0 Å². The van der Waals surface area contributed by atoms with Crippen molar-refractivity contribution in [3.05, 3.63) is 5.82 Å². The number of Topliss-reactive ketones (excluding diaryl/α,β-unsaturated/α-hetero) is 1. The Kier molecular flexibility index (Phi) is 1.98. The molecule has 0 bridgehead atoms. The molecule has 60 valence electrons. The second kappa shape index (κ2) is 2.77. The van der Waals surface area contributed by atoms with Crippen molar-refractivity contribution in [1.29, 1.82) is 0 Å². The fraction of sp³-hybridized carbons (Fsp3) is 0.667. The van der Waals surface area contributed by atoms with Crippen molar-refractivity contribution < 1.29 is 9.48 Å². The van der Waals surface area contributed by atoms with Crippen LogP contribution in [0.4, 0.5) is 0 Å². The smallest absolute Gasteiger partial charge is 0.254 e. The van der Waals surface area contributed by atoms with Gasteiger partial charge < -0.3 is 0 Å². The Morgan fingerprint density at radius 2 is 2.36 bits per heavy atom. The van der Waals surface area contributed by atoms with E-state index in [-0.39, 0.29) is 5.78 Å². The summed E-state index contributed by atoms with van der Waals surface area (Å²) in [7, 11) is 1.79. The number of nitrogens with zero attached hydrogens (tertiary/aromatic N) is 4. The summed E-state index contributed by atoms with van der Waals surface area (Å²) in [6.07, 6.45) is 0. The lowest BCUT2D eigenvalue weighted by atomic mass is 10.4. The van der Waals surface area contributed by atoms with Crippen LogP contribution in [-0.2, 0) is 18.4 Å². The van der Waals surface area contributed by atoms with Gasteiger partial charge in [0.1, 0.15) is 5.21 Å². The second-order valence-corrected chi connectivity index (χ2v) is 2.51. The SMILES string of the molecule is CC(=O)Cn1nn[n+](C)c1C. The van der Waals surface area contributed by atoms with Gasteiger partial charge in [-0.15, -0.1) is 4.68 Å². The third kappa shape index (κ3) is 1.60. The highest BCUT2D eigenvalue weighted by Crippen LogP contribution is 1.85. The van der Waals surface area contributed by atoms with Crippen LogP contribution in [0, 0.1) is 6.92 Å². The lowest BCUT2D eigenvalue weighted by Gasteiger charge is -1.88. The Hall–Kier alpha value is -1.26. The molecule has 1 aromatic rings. The highest BCUT2D eigenvalue weighted by atomic mass is 16.1. The Bertz CT molecular complexity index is 278. The van der Waals surface area contributed by atoms with Crippen molar-refractivity contribution in [3.8, 4) is 0 Å². The number of rotatable bonds is 2. The molecule has 5 nitrogen and oxygen atoms in total. The number of hydrogen-bond donors (Lipinski definition) is 0. The molecule has 0 atom stereocenters. The van der Waals surface area contributed by atoms with Gasteiger partial charge in [0.05, 0.1) is 7.05 Å². The highest BCUT2D eigenvalue weighted by Gasteiger charge is 2.13. The third-order valence-corrected chi connectivity index (χ3v) is 1.50. The van der Waals surface area contributed by atoms with Gasteiger partial charge in [-0.2, -0.15) is 0 Å². The van der Waals surface area contributed by atoms with Gasteiger partial charge in [0.25, 0.3) is 5.82 Å². The molecule has 1 rings (SSSR count). The summed E-state index contributed by atoms with van der Waals surface area (Å²) in [4.78, 5) is 10.7. The molecule has 0 amide bonds. The maximum atomic E-state index is 10.7. The van der Waals surface area contributed by atoms with E-state index in [2.05, 4.69) is 10.4 Å². The standard InChI is InChI=1S/C6H11N4O/c1-5(11)4-10-6(2)9(3)7-8-10/h4H2,1-3H3/q+1. The molecule has 1 heterocycles. The first kappa shape index (κ1) is 7.84. The van der Waals surface area contributed by atoms with E-state index in [0.717, 1.165) is 5.82 Å². The summed E-state index contributed by atoms with van der Waals surface area (Å²) in [5.41, 5.74) is 0. The first-order valence-electron chi connectivity index (χ1n) is 3.37. The number of aryl methyl sites for hydroxylation is 1. The summed E-state index contributed by atoms with van der Waals surface area (Å²) in [5, 5.41) is 7.51. The molecule has 0 saturated heterocycles. The van der Waals surface area contributed by atoms with Crippen molar-refractivity contribution >= 4 is 5.78 Å². The number of carbonyl (C=O) groups excluding carboxylic acids is 1. The summed E-state index contributed by atoms with van der Waals surface area (Å²) < 4.78 is 3.20. The minimum absolute atomic E-state index is 0.0820. The van der Waals surface area contributed by atoms with Gasteiger partial charge in [0.15, 0.2) is 17.5 Å². The Balaban J connectivity index is 2.87. The quantitative estimate of drug-likeness (QED) is 0.515. The zero-order valence-electron chi connectivity index (χ0n) is 6.90. The van der Waals surface area contributed by atoms with Crippen LogP contribution >= 0.6 is 0 Å². The molecule has 0 spiro atoms. The normalized spacial score (nSPS) is 10.1. The molecule has 0 aliphatic carbocycles. The van der Waals surface area contributed by atoms with Crippen molar-refractivity contribution in [2.24, 2.45) is 7.05 Å². The second-order valence-electron chi connectivity index (χ2n) is 2.51. The molecule has 1 aromatic heterocycles. The van der Waals surface area contributed by atoms with E-state index in [1.807, 2.05) is 6.92 Å². The van der Waals surface area contributed by atoms with Gasteiger partial charge >= 0.3 is 0 Å². The van der Waals surface area contributed by atoms with Gasteiger partial charge in [-0.05, 0) is 6.92 Å². The zero-order chi connectivity index (χ0) is 8.43. The van der Waals surface area contributed by atoms with E-state index in [0.29, 0.717) is 6.54 Å². The molecule has 11 heavy (non-hydrogen) atoms. The first-order valence-corrected chi connectivity index (χ1v) is 3.37. The predicted octanol–water partition coefficient (Wildman–Crippen LogP) is -1.000. The fourth-order valence-electron chi connectivity index (χ4n) is 0.762. The van der Waals surface area contributed by atoms with Crippen LogP contribution in [0.15, 0.2) is 0 Å². The van der Waals surface area contributed by atoms with E-state index >= 15 is 0 Å². The molecule has 0 N–H and O–H groups in total. The highest BCUT2D eigenvalue weighted by molar-refractivity contribution is 5.75. The third-order valence-electron chi connectivity index (χ3n) is 1.50. The van der Waals surface area contributed by atoms with Crippen LogP contribution < -0.4 is 4.68 Å². The number of tetrazole rings is 1. The lowest BCUT2D eigenvalue weighted by molar-refractivity contribution is -0.737. The molecule has 0 unspecified atom stereocenters. The first-order chi connectivity index (χ1) is 5.11. The van der Waals surface area contributed by atoms with Crippen molar-refractivity contribution in [3.63, 3.8) is 0 Å². The number of ketones is 1. The lowest BCUT2D eigenvalue weighted by Crippen LogP contribution is -2.34. The largest absolute Gasteiger partial charge is 0.296 e. The summed E-state index contributed by atoms with van der Waals surface area (Å²) in [6, 6.07) is 0. The van der Waals surface area contributed by atoms with Crippen LogP contribution in [0.3, 0.4) is 0 Å². The molecule has 0 fully saturated rings. The topological polar surface area (TPSA) is 51.7 Å². The fourth-order valence-corrected chi connectivity index (χ4v) is 0.762. The number of carbonyl (C=O) groups is 1. The van der Waals surface area contributed by atoms with Crippen LogP contribution in [0.5, 0.6) is 0 Å². The molecule has 0 aliphatic rings. The van der Waals surface area contributed by atoms with E-state index in [1.54, 1.807) is 16.4 Å². The monoisotopic (exact) mass is 155 g/mol. The number of hydrogen-bond acceptors (Lipinski definition) is 3. The van der Waals surface area contributed by atoms with Crippen LogP contribution in [0.25, 0.3) is 0 Å². The summed E-state index contributed by atoms with van der Waals surface area (Å²) in [6.45, 7) is 3.70. The Morgan fingerprint density at radius 3 is 2.73 bits per heavy atom. The van der Waals surface area contributed by atoms with E-state index < -0.39 is 0 Å². The van der Waals surface area contributed by atoms with Gasteiger partial charge in [-0.1, -0.05) is 4.68 Å². The minimum Gasteiger partial charge on any atom is -0.296 e. The van der Waals surface area contributed by atoms with Crippen LogP contribution in [0.2, 0.25) is 0 Å². The predicted molar refractivity (Wildman–Crippen MR) is 36.6 cm³/mol.